The predicted molar refractivity (Wildman–Crippen MR) is 51.7 cm³/mol. The molecule has 1 aromatic heterocycles. The van der Waals surface area contributed by atoms with Gasteiger partial charge in [0.2, 0.25) is 0 Å². The van der Waals surface area contributed by atoms with Gasteiger partial charge in [-0.3, -0.25) is 15.1 Å². The number of nitrogens with zero attached hydrogens (tertiary/aromatic N) is 2. The highest BCUT2D eigenvalue weighted by Crippen LogP contribution is 2.33. The van der Waals surface area contributed by atoms with Crippen LogP contribution in [0.1, 0.15) is 18.5 Å². The molecule has 0 unspecified atom stereocenters. The third-order valence-corrected chi connectivity index (χ3v) is 2.36. The van der Waals surface area contributed by atoms with Crippen LogP contribution in [0.4, 0.5) is 11.4 Å². The summed E-state index contributed by atoms with van der Waals surface area (Å²) in [6.07, 6.45) is 4.60. The van der Waals surface area contributed by atoms with Gasteiger partial charge >= 0.3 is 5.69 Å². The number of rotatable bonds is 3. The van der Waals surface area contributed by atoms with Crippen LogP contribution in [0, 0.1) is 16.0 Å². The molecule has 74 valence electrons. The van der Waals surface area contributed by atoms with E-state index in [0.717, 1.165) is 12.1 Å². The Bertz CT molecular complexity index is 374. The van der Waals surface area contributed by atoms with E-state index in [1.807, 2.05) is 0 Å². The second-order valence-corrected chi connectivity index (χ2v) is 3.64. The third kappa shape index (κ3) is 1.81. The topological polar surface area (TPSA) is 82.0 Å². The average molecular weight is 193 g/mol. The van der Waals surface area contributed by atoms with Crippen LogP contribution in [0.3, 0.4) is 0 Å². The van der Waals surface area contributed by atoms with Crippen molar-refractivity contribution in [3.63, 3.8) is 0 Å². The van der Waals surface area contributed by atoms with Crippen molar-refractivity contribution < 1.29 is 4.92 Å². The number of nitro groups is 1. The summed E-state index contributed by atoms with van der Waals surface area (Å²) in [5, 5.41) is 10.5. The Hall–Kier alpha value is -1.65. The van der Waals surface area contributed by atoms with Crippen molar-refractivity contribution in [2.75, 3.05) is 5.73 Å². The lowest BCUT2D eigenvalue weighted by atomic mass is 10.2. The number of aromatic nitrogens is 1. The highest BCUT2D eigenvalue weighted by molar-refractivity contribution is 5.56. The van der Waals surface area contributed by atoms with Crippen molar-refractivity contribution >= 4 is 11.4 Å². The van der Waals surface area contributed by atoms with Crippen LogP contribution in [-0.4, -0.2) is 9.91 Å². The second kappa shape index (κ2) is 3.25. The minimum absolute atomic E-state index is 0.107. The number of hydrogen-bond donors (Lipinski definition) is 1. The molecule has 1 heterocycles. The van der Waals surface area contributed by atoms with E-state index in [4.69, 9.17) is 5.73 Å². The van der Waals surface area contributed by atoms with E-state index >= 15 is 0 Å². The maximum atomic E-state index is 10.5. The van der Waals surface area contributed by atoms with Crippen molar-refractivity contribution in [3.8, 4) is 0 Å². The summed E-state index contributed by atoms with van der Waals surface area (Å²) in [6.45, 7) is 0. The summed E-state index contributed by atoms with van der Waals surface area (Å²) in [5.41, 5.74) is 6.50. The summed E-state index contributed by atoms with van der Waals surface area (Å²) in [7, 11) is 0. The van der Waals surface area contributed by atoms with E-state index < -0.39 is 4.92 Å². The fourth-order valence-electron chi connectivity index (χ4n) is 1.39. The number of pyridine rings is 1. The fraction of sp³-hybridized carbons (Fsp3) is 0.444. The van der Waals surface area contributed by atoms with Crippen LogP contribution in [-0.2, 0) is 6.42 Å². The molecule has 14 heavy (non-hydrogen) atoms. The van der Waals surface area contributed by atoms with Crippen molar-refractivity contribution in [2.45, 2.75) is 19.3 Å². The van der Waals surface area contributed by atoms with E-state index in [1.54, 1.807) is 6.07 Å². The molecule has 1 fully saturated rings. The Morgan fingerprint density at radius 2 is 2.36 bits per heavy atom. The van der Waals surface area contributed by atoms with Crippen molar-refractivity contribution in [2.24, 2.45) is 5.92 Å². The molecule has 2 N–H and O–H groups in total. The molecular weight excluding hydrogens is 182 g/mol. The molecule has 5 nitrogen and oxygen atoms in total. The zero-order valence-electron chi connectivity index (χ0n) is 7.64. The third-order valence-electron chi connectivity index (χ3n) is 2.36. The van der Waals surface area contributed by atoms with Gasteiger partial charge in [0.25, 0.3) is 0 Å². The fourth-order valence-corrected chi connectivity index (χ4v) is 1.39. The Labute approximate surface area is 81.1 Å². The molecule has 0 amide bonds. The molecular formula is C9H11N3O2. The monoisotopic (exact) mass is 193 g/mol. The molecule has 0 saturated heterocycles. The number of nitrogens with two attached hydrogens (primary N) is 1. The molecule has 1 aliphatic carbocycles. The van der Waals surface area contributed by atoms with Gasteiger partial charge in [-0.15, -0.1) is 0 Å². The molecule has 1 aromatic rings. The predicted octanol–water partition coefficient (Wildman–Crippen LogP) is 1.52. The van der Waals surface area contributed by atoms with Gasteiger partial charge in [0, 0.05) is 5.69 Å². The molecule has 2 rings (SSSR count). The first-order valence-corrected chi connectivity index (χ1v) is 4.55. The lowest BCUT2D eigenvalue weighted by molar-refractivity contribution is -0.384. The lowest BCUT2D eigenvalue weighted by Crippen LogP contribution is -2.00. The summed E-state index contributed by atoms with van der Waals surface area (Å²) >= 11 is 0. The molecule has 0 bridgehead atoms. The molecule has 0 aliphatic heterocycles. The van der Waals surface area contributed by atoms with Crippen LogP contribution < -0.4 is 5.73 Å². The van der Waals surface area contributed by atoms with Gasteiger partial charge in [-0.2, -0.15) is 0 Å². The standard InChI is InChI=1S/C9H11N3O2/c10-8-4-7(3-6-1-2-6)11-5-9(8)12(13)14/h4-6H,1-3H2,(H2,10,11). The minimum Gasteiger partial charge on any atom is -0.393 e. The average Bonchev–Trinajstić information content (AvgIpc) is 2.87. The number of anilines is 1. The van der Waals surface area contributed by atoms with Gasteiger partial charge in [0.05, 0.1) is 4.92 Å². The molecule has 0 atom stereocenters. The molecule has 0 spiro atoms. The summed E-state index contributed by atoms with van der Waals surface area (Å²) in [5.74, 6) is 0.711. The summed E-state index contributed by atoms with van der Waals surface area (Å²) in [6, 6.07) is 1.61. The first kappa shape index (κ1) is 8.93. The number of nitrogen functional groups attached to an aromatic ring is 1. The van der Waals surface area contributed by atoms with E-state index in [2.05, 4.69) is 4.98 Å². The first-order chi connectivity index (χ1) is 6.66. The van der Waals surface area contributed by atoms with Crippen LogP contribution >= 0.6 is 0 Å². The van der Waals surface area contributed by atoms with Crippen molar-refractivity contribution in [3.05, 3.63) is 28.1 Å². The largest absolute Gasteiger partial charge is 0.393 e. The Kier molecular flexibility index (Phi) is 2.07. The van der Waals surface area contributed by atoms with Crippen molar-refractivity contribution in [1.82, 2.24) is 4.98 Å². The van der Waals surface area contributed by atoms with Gasteiger partial charge in [0.1, 0.15) is 11.9 Å². The van der Waals surface area contributed by atoms with Gasteiger partial charge in [-0.25, -0.2) is 0 Å². The minimum atomic E-state index is -0.511. The second-order valence-electron chi connectivity index (χ2n) is 3.64. The summed E-state index contributed by atoms with van der Waals surface area (Å²) in [4.78, 5) is 14.0. The highest BCUT2D eigenvalue weighted by atomic mass is 16.6. The molecule has 0 aromatic carbocycles. The highest BCUT2D eigenvalue weighted by Gasteiger charge is 2.23. The normalized spacial score (nSPS) is 15.4. The van der Waals surface area contributed by atoms with Gasteiger partial charge in [-0.1, -0.05) is 0 Å². The van der Waals surface area contributed by atoms with Gasteiger partial charge in [0.15, 0.2) is 0 Å². The first-order valence-electron chi connectivity index (χ1n) is 4.55. The smallest absolute Gasteiger partial charge is 0.310 e. The van der Waals surface area contributed by atoms with E-state index in [-0.39, 0.29) is 11.4 Å². The zero-order chi connectivity index (χ0) is 10.1. The Balaban J connectivity index is 2.20. The number of hydrogen-bond acceptors (Lipinski definition) is 4. The van der Waals surface area contributed by atoms with Crippen LogP contribution in [0.25, 0.3) is 0 Å². The lowest BCUT2D eigenvalue weighted by Gasteiger charge is -2.00. The molecule has 1 aliphatic rings. The van der Waals surface area contributed by atoms with E-state index in [1.165, 1.54) is 19.0 Å². The van der Waals surface area contributed by atoms with Crippen LogP contribution in [0.5, 0.6) is 0 Å². The van der Waals surface area contributed by atoms with Gasteiger partial charge in [-0.05, 0) is 31.2 Å². The Morgan fingerprint density at radius 1 is 1.64 bits per heavy atom. The van der Waals surface area contributed by atoms with Crippen molar-refractivity contribution in [1.29, 1.82) is 0 Å². The maximum Gasteiger partial charge on any atom is 0.310 e. The van der Waals surface area contributed by atoms with Crippen LogP contribution in [0.15, 0.2) is 12.3 Å². The van der Waals surface area contributed by atoms with E-state index in [9.17, 15) is 10.1 Å². The van der Waals surface area contributed by atoms with E-state index in [0.29, 0.717) is 5.92 Å². The Morgan fingerprint density at radius 3 is 2.86 bits per heavy atom. The zero-order valence-corrected chi connectivity index (χ0v) is 7.64. The summed E-state index contributed by atoms with van der Waals surface area (Å²) < 4.78 is 0. The van der Waals surface area contributed by atoms with Crippen LogP contribution in [0.2, 0.25) is 0 Å². The maximum absolute atomic E-state index is 10.5. The molecule has 5 heteroatoms. The van der Waals surface area contributed by atoms with Gasteiger partial charge < -0.3 is 5.73 Å². The molecule has 1 saturated carbocycles. The molecule has 0 radical (unpaired) electrons. The quantitative estimate of drug-likeness (QED) is 0.582. The SMILES string of the molecule is Nc1cc(CC2CC2)ncc1[N+](=O)[O-].